The zero-order chi connectivity index (χ0) is 15.9. The first-order chi connectivity index (χ1) is 10.0. The Hall–Kier alpha value is -0.930. The number of nitrogens with one attached hydrogen (secondary N) is 1. The lowest BCUT2D eigenvalue weighted by Gasteiger charge is -2.46. The second kappa shape index (κ2) is 8.50. The van der Waals surface area contributed by atoms with Crippen LogP contribution in [0.3, 0.4) is 0 Å². The fraction of sp³-hybridized carbons (Fsp3) is 0.722. The van der Waals surface area contributed by atoms with Crippen LogP contribution in [0, 0.1) is 6.92 Å². The molecule has 0 amide bonds. The highest BCUT2D eigenvalue weighted by Gasteiger charge is 2.37. The molecule has 0 aliphatic rings. The summed E-state index contributed by atoms with van der Waals surface area (Å²) in [6.45, 7) is 16.7. The highest BCUT2D eigenvalue weighted by atomic mass is 15.2. The fourth-order valence-electron chi connectivity index (χ4n) is 3.28. The van der Waals surface area contributed by atoms with Crippen molar-refractivity contribution in [2.45, 2.75) is 66.0 Å². The second-order valence-corrected chi connectivity index (χ2v) is 6.07. The van der Waals surface area contributed by atoms with Crippen molar-refractivity contribution >= 4 is 0 Å². The van der Waals surface area contributed by atoms with Crippen LogP contribution in [0.15, 0.2) is 18.5 Å². The van der Waals surface area contributed by atoms with Crippen molar-refractivity contribution in [2.75, 3.05) is 19.6 Å². The molecule has 1 heterocycles. The lowest BCUT2D eigenvalue weighted by molar-refractivity contribution is 0.0697. The summed E-state index contributed by atoms with van der Waals surface area (Å²) in [5.74, 6) is 0. The van der Waals surface area contributed by atoms with Crippen LogP contribution in [0.25, 0.3) is 0 Å². The molecule has 0 saturated heterocycles. The summed E-state index contributed by atoms with van der Waals surface area (Å²) in [4.78, 5) is 6.99. The molecule has 120 valence electrons. The zero-order valence-corrected chi connectivity index (χ0v) is 14.7. The number of nitrogens with zero attached hydrogens (tertiary/aromatic N) is 2. The molecule has 0 saturated carbocycles. The molecule has 0 fully saturated rings. The van der Waals surface area contributed by atoms with E-state index in [1.807, 2.05) is 12.4 Å². The van der Waals surface area contributed by atoms with E-state index in [1.54, 1.807) is 0 Å². The topological polar surface area (TPSA) is 28.2 Å². The first-order valence-electron chi connectivity index (χ1n) is 8.43. The number of aryl methyl sites for hydroxylation is 1. The van der Waals surface area contributed by atoms with Gasteiger partial charge < -0.3 is 5.32 Å². The quantitative estimate of drug-likeness (QED) is 0.747. The first kappa shape index (κ1) is 18.1. The van der Waals surface area contributed by atoms with E-state index in [2.05, 4.69) is 62.8 Å². The second-order valence-electron chi connectivity index (χ2n) is 6.07. The molecule has 3 heteroatoms. The van der Waals surface area contributed by atoms with Gasteiger partial charge in [0.2, 0.25) is 0 Å². The Morgan fingerprint density at radius 2 is 1.86 bits per heavy atom. The Morgan fingerprint density at radius 1 is 1.19 bits per heavy atom. The molecule has 2 unspecified atom stereocenters. The van der Waals surface area contributed by atoms with E-state index >= 15 is 0 Å². The highest BCUT2D eigenvalue weighted by molar-refractivity contribution is 5.24. The van der Waals surface area contributed by atoms with Gasteiger partial charge in [-0.25, -0.2) is 0 Å². The van der Waals surface area contributed by atoms with Crippen molar-refractivity contribution < 1.29 is 0 Å². The molecule has 0 aliphatic carbocycles. The number of hydrogen-bond donors (Lipinski definition) is 1. The normalized spacial score (nSPS) is 16.0. The predicted octanol–water partition coefficient (Wildman–Crippen LogP) is 3.94. The molecule has 0 radical (unpaired) electrons. The molecule has 0 spiro atoms. The third kappa shape index (κ3) is 4.27. The maximum atomic E-state index is 4.41. The average Bonchev–Trinajstić information content (AvgIpc) is 2.48. The minimum atomic E-state index is 0.105. The smallest absolute Gasteiger partial charge is 0.0519 e. The van der Waals surface area contributed by atoms with Gasteiger partial charge in [-0.05, 0) is 57.5 Å². The minimum absolute atomic E-state index is 0.105. The molecule has 21 heavy (non-hydrogen) atoms. The third-order valence-electron chi connectivity index (χ3n) is 4.65. The van der Waals surface area contributed by atoms with E-state index in [-0.39, 0.29) is 5.54 Å². The molecule has 0 aliphatic heterocycles. The molecule has 1 rings (SSSR count). The van der Waals surface area contributed by atoms with E-state index in [0.29, 0.717) is 6.04 Å². The zero-order valence-electron chi connectivity index (χ0n) is 14.7. The highest BCUT2D eigenvalue weighted by Crippen LogP contribution is 2.34. The van der Waals surface area contributed by atoms with E-state index in [9.17, 15) is 0 Å². The predicted molar refractivity (Wildman–Crippen MR) is 91.6 cm³/mol. The monoisotopic (exact) mass is 291 g/mol. The van der Waals surface area contributed by atoms with E-state index < -0.39 is 0 Å². The molecule has 1 N–H and O–H groups in total. The van der Waals surface area contributed by atoms with Gasteiger partial charge in [-0.1, -0.05) is 33.8 Å². The number of likely N-dealkylation sites (N-methyl/N-ethyl adjacent to an activating group) is 1. The van der Waals surface area contributed by atoms with Crippen LogP contribution in [0.4, 0.5) is 0 Å². The summed E-state index contributed by atoms with van der Waals surface area (Å²) in [7, 11) is 0. The van der Waals surface area contributed by atoms with Crippen LogP contribution in [0.1, 0.15) is 64.6 Å². The third-order valence-corrected chi connectivity index (χ3v) is 4.65. The van der Waals surface area contributed by atoms with Crippen molar-refractivity contribution in [1.29, 1.82) is 0 Å². The Kier molecular flexibility index (Phi) is 7.33. The minimum Gasteiger partial charge on any atom is -0.308 e. The summed E-state index contributed by atoms with van der Waals surface area (Å²) in [5, 5.41) is 3.77. The van der Waals surface area contributed by atoms with Gasteiger partial charge in [0.15, 0.2) is 0 Å². The average molecular weight is 291 g/mol. The van der Waals surface area contributed by atoms with Crippen LogP contribution in [0.5, 0.6) is 0 Å². The van der Waals surface area contributed by atoms with Crippen LogP contribution in [-0.2, 0) is 0 Å². The summed E-state index contributed by atoms with van der Waals surface area (Å²) in [6.07, 6.45) is 6.22. The molecule has 0 bridgehead atoms. The molecule has 2 atom stereocenters. The Bertz CT molecular complexity index is 415. The Balaban J connectivity index is 3.20. The maximum Gasteiger partial charge on any atom is 0.0519 e. The van der Waals surface area contributed by atoms with Gasteiger partial charge in [0, 0.05) is 17.9 Å². The summed E-state index contributed by atoms with van der Waals surface area (Å²) < 4.78 is 0. The van der Waals surface area contributed by atoms with Gasteiger partial charge in [0.1, 0.15) is 0 Å². The molecular formula is C18H33N3. The summed E-state index contributed by atoms with van der Waals surface area (Å²) >= 11 is 0. The van der Waals surface area contributed by atoms with E-state index in [4.69, 9.17) is 0 Å². The van der Waals surface area contributed by atoms with E-state index in [0.717, 1.165) is 32.5 Å². The summed E-state index contributed by atoms with van der Waals surface area (Å²) in [5.41, 5.74) is 2.64. The van der Waals surface area contributed by atoms with Crippen molar-refractivity contribution in [3.05, 3.63) is 29.6 Å². The van der Waals surface area contributed by atoms with Crippen LogP contribution in [0.2, 0.25) is 0 Å². The van der Waals surface area contributed by atoms with Gasteiger partial charge in [-0.15, -0.1) is 0 Å². The molecular weight excluding hydrogens is 258 g/mol. The van der Waals surface area contributed by atoms with Crippen molar-refractivity contribution in [3.63, 3.8) is 0 Å². The van der Waals surface area contributed by atoms with Crippen LogP contribution < -0.4 is 5.32 Å². The van der Waals surface area contributed by atoms with Gasteiger partial charge >= 0.3 is 0 Å². The Labute approximate surface area is 131 Å². The largest absolute Gasteiger partial charge is 0.308 e. The van der Waals surface area contributed by atoms with Crippen molar-refractivity contribution in [1.82, 2.24) is 15.2 Å². The maximum absolute atomic E-state index is 4.41. The van der Waals surface area contributed by atoms with Crippen LogP contribution >= 0.6 is 0 Å². The number of hydrogen-bond acceptors (Lipinski definition) is 3. The summed E-state index contributed by atoms with van der Waals surface area (Å²) in [6, 6.07) is 2.59. The Morgan fingerprint density at radius 3 is 2.33 bits per heavy atom. The van der Waals surface area contributed by atoms with E-state index in [1.165, 1.54) is 11.1 Å². The first-order valence-corrected chi connectivity index (χ1v) is 8.43. The van der Waals surface area contributed by atoms with Gasteiger partial charge in [0.25, 0.3) is 0 Å². The van der Waals surface area contributed by atoms with Gasteiger partial charge in [-0.3, -0.25) is 9.88 Å². The van der Waals surface area contributed by atoms with Crippen molar-refractivity contribution in [2.24, 2.45) is 0 Å². The number of rotatable bonds is 9. The molecule has 3 nitrogen and oxygen atoms in total. The lowest BCUT2D eigenvalue weighted by Crippen LogP contribution is -2.54. The van der Waals surface area contributed by atoms with Crippen LogP contribution in [-0.4, -0.2) is 35.1 Å². The molecule has 1 aromatic rings. The van der Waals surface area contributed by atoms with Gasteiger partial charge in [0.05, 0.1) is 6.04 Å². The molecule has 0 aromatic carbocycles. The lowest BCUT2D eigenvalue weighted by atomic mass is 9.83. The number of pyridine rings is 1. The van der Waals surface area contributed by atoms with Crippen molar-refractivity contribution in [3.8, 4) is 0 Å². The SMILES string of the molecule is CCCNC(c1cncc(C)c1)C(C)(CC)N(CC)CC. The fourth-order valence-corrected chi connectivity index (χ4v) is 3.28. The standard InChI is InChI=1S/C18H33N3/c1-7-11-20-17(16-12-15(5)13-19-14-16)18(6,8-2)21(9-3)10-4/h12-14,17,20H,7-11H2,1-6H3. The number of aromatic nitrogens is 1. The van der Waals surface area contributed by atoms with Gasteiger partial charge in [-0.2, -0.15) is 0 Å². The molecule has 1 aromatic heterocycles.